The van der Waals surface area contributed by atoms with Crippen LogP contribution in [0.3, 0.4) is 0 Å². The van der Waals surface area contributed by atoms with Crippen LogP contribution >= 0.6 is 11.6 Å². The van der Waals surface area contributed by atoms with Crippen molar-refractivity contribution in [2.45, 2.75) is 26.3 Å². The van der Waals surface area contributed by atoms with Gasteiger partial charge in [0.2, 0.25) is 5.91 Å². The number of hydrogen-bond acceptors (Lipinski definition) is 3. The average Bonchev–Trinajstić information content (AvgIpc) is 3.07. The largest absolute Gasteiger partial charge is 0.494 e. The molecule has 0 saturated heterocycles. The van der Waals surface area contributed by atoms with E-state index in [0.29, 0.717) is 36.8 Å². The summed E-state index contributed by atoms with van der Waals surface area (Å²) in [5, 5.41) is 7.88. The zero-order chi connectivity index (χ0) is 19.1. The molecule has 0 aliphatic heterocycles. The number of aryl methyl sites for hydroxylation is 1. The molecule has 1 N–H and O–H groups in total. The van der Waals surface area contributed by atoms with E-state index in [4.69, 9.17) is 16.3 Å². The highest BCUT2D eigenvalue weighted by Crippen LogP contribution is 2.15. The van der Waals surface area contributed by atoms with Gasteiger partial charge in [-0.25, -0.2) is 4.68 Å². The molecule has 5 nitrogen and oxygen atoms in total. The van der Waals surface area contributed by atoms with Crippen molar-refractivity contribution in [1.82, 2.24) is 9.78 Å². The van der Waals surface area contributed by atoms with E-state index >= 15 is 0 Å². The summed E-state index contributed by atoms with van der Waals surface area (Å²) >= 11 is 5.91. The van der Waals surface area contributed by atoms with E-state index in [-0.39, 0.29) is 5.91 Å². The monoisotopic (exact) mass is 383 g/mol. The van der Waals surface area contributed by atoms with E-state index in [2.05, 4.69) is 10.4 Å². The number of hydrogen-bond donors (Lipinski definition) is 1. The molecule has 1 heterocycles. The van der Waals surface area contributed by atoms with Gasteiger partial charge < -0.3 is 10.1 Å². The van der Waals surface area contributed by atoms with Gasteiger partial charge in [0.25, 0.3) is 0 Å². The second-order valence-corrected chi connectivity index (χ2v) is 6.75. The number of nitrogens with zero attached hydrogens (tertiary/aromatic N) is 2. The second-order valence-electron chi connectivity index (χ2n) is 6.32. The minimum absolute atomic E-state index is 0.0549. The van der Waals surface area contributed by atoms with Gasteiger partial charge >= 0.3 is 0 Å². The van der Waals surface area contributed by atoms with Gasteiger partial charge in [0.1, 0.15) is 11.6 Å². The molecule has 1 aromatic heterocycles. The topological polar surface area (TPSA) is 56.1 Å². The van der Waals surface area contributed by atoms with Gasteiger partial charge in [0.15, 0.2) is 0 Å². The Bertz CT molecular complexity index is 890. The van der Waals surface area contributed by atoms with Gasteiger partial charge in [-0.1, -0.05) is 35.9 Å². The third kappa shape index (κ3) is 5.86. The normalized spacial score (nSPS) is 10.6. The van der Waals surface area contributed by atoms with Crippen LogP contribution in [0.1, 0.15) is 24.0 Å². The van der Waals surface area contributed by atoms with Crippen LogP contribution in [0.25, 0.3) is 0 Å². The minimum atomic E-state index is -0.0549. The van der Waals surface area contributed by atoms with Crippen LogP contribution in [0.2, 0.25) is 5.02 Å². The number of nitrogens with one attached hydrogen (secondary N) is 1. The van der Waals surface area contributed by atoms with Crippen molar-refractivity contribution in [3.8, 4) is 5.75 Å². The zero-order valence-corrected chi connectivity index (χ0v) is 15.9. The molecule has 1 amide bonds. The maximum Gasteiger partial charge on any atom is 0.225 e. The third-order valence-electron chi connectivity index (χ3n) is 4.04. The molecule has 0 aliphatic rings. The predicted octanol–water partition coefficient (Wildman–Crippen LogP) is 4.69. The van der Waals surface area contributed by atoms with Crippen molar-refractivity contribution in [2.24, 2.45) is 0 Å². The van der Waals surface area contributed by atoms with Crippen LogP contribution in [0, 0.1) is 6.92 Å². The number of benzene rings is 2. The average molecular weight is 384 g/mol. The first-order valence-electron chi connectivity index (χ1n) is 8.86. The van der Waals surface area contributed by atoms with Gasteiger partial charge in [-0.2, -0.15) is 5.10 Å². The summed E-state index contributed by atoms with van der Waals surface area (Å²) in [7, 11) is 0. The van der Waals surface area contributed by atoms with Crippen LogP contribution in [0.15, 0.2) is 60.8 Å². The van der Waals surface area contributed by atoms with E-state index < -0.39 is 0 Å². The van der Waals surface area contributed by atoms with Crippen molar-refractivity contribution in [3.63, 3.8) is 0 Å². The molecule has 3 rings (SSSR count). The van der Waals surface area contributed by atoms with Gasteiger partial charge in [-0.3, -0.25) is 4.79 Å². The summed E-state index contributed by atoms with van der Waals surface area (Å²) in [5.74, 6) is 1.45. The number of carbonyl (C=O) groups excluding carboxylic acids is 1. The van der Waals surface area contributed by atoms with E-state index in [1.807, 2.05) is 55.5 Å². The van der Waals surface area contributed by atoms with E-state index in [0.717, 1.165) is 16.9 Å². The number of anilines is 1. The Balaban J connectivity index is 1.45. The van der Waals surface area contributed by atoms with Gasteiger partial charge in [0, 0.05) is 17.5 Å². The molecule has 0 fully saturated rings. The molecule has 3 aromatic rings. The summed E-state index contributed by atoms with van der Waals surface area (Å²) < 4.78 is 7.43. The molecule has 2 aromatic carbocycles. The highest BCUT2D eigenvalue weighted by atomic mass is 35.5. The number of ether oxygens (including phenoxy) is 1. The molecular weight excluding hydrogens is 362 g/mol. The maximum absolute atomic E-state index is 12.2. The highest BCUT2D eigenvalue weighted by Gasteiger charge is 2.08. The van der Waals surface area contributed by atoms with E-state index in [1.54, 1.807) is 16.9 Å². The molecule has 0 bridgehead atoms. The summed E-state index contributed by atoms with van der Waals surface area (Å²) in [5.41, 5.74) is 2.21. The zero-order valence-electron chi connectivity index (χ0n) is 15.2. The number of rotatable bonds is 8. The second kappa shape index (κ2) is 9.24. The van der Waals surface area contributed by atoms with Crippen molar-refractivity contribution >= 4 is 23.3 Å². The fraction of sp³-hybridized carbons (Fsp3) is 0.238. The Morgan fingerprint density at radius 2 is 2.00 bits per heavy atom. The van der Waals surface area contributed by atoms with E-state index in [1.165, 1.54) is 0 Å². The van der Waals surface area contributed by atoms with Crippen molar-refractivity contribution in [1.29, 1.82) is 0 Å². The number of carbonyl (C=O) groups is 1. The third-order valence-corrected chi connectivity index (χ3v) is 4.29. The van der Waals surface area contributed by atoms with Crippen LogP contribution < -0.4 is 10.1 Å². The first kappa shape index (κ1) is 19.0. The lowest BCUT2D eigenvalue weighted by Gasteiger charge is -2.10. The molecular formula is C21H22ClN3O2. The first-order chi connectivity index (χ1) is 13.1. The Labute approximate surface area is 163 Å². The lowest BCUT2D eigenvalue weighted by molar-refractivity contribution is -0.116. The van der Waals surface area contributed by atoms with Crippen molar-refractivity contribution in [3.05, 3.63) is 76.9 Å². The smallest absolute Gasteiger partial charge is 0.225 e. The Morgan fingerprint density at radius 3 is 2.78 bits per heavy atom. The van der Waals surface area contributed by atoms with Crippen LogP contribution in [-0.2, 0) is 11.3 Å². The summed E-state index contributed by atoms with van der Waals surface area (Å²) in [6.45, 7) is 3.09. The molecule has 0 unspecified atom stereocenters. The van der Waals surface area contributed by atoms with Gasteiger partial charge in [0.05, 0.1) is 19.3 Å². The molecule has 27 heavy (non-hydrogen) atoms. The highest BCUT2D eigenvalue weighted by molar-refractivity contribution is 6.30. The summed E-state index contributed by atoms with van der Waals surface area (Å²) in [4.78, 5) is 12.2. The molecule has 6 heteroatoms. The Hall–Kier alpha value is -2.79. The quantitative estimate of drug-likeness (QED) is 0.574. The maximum atomic E-state index is 12.2. The fourth-order valence-corrected chi connectivity index (χ4v) is 2.79. The SMILES string of the molecule is Cc1cccc(OCCCC(=O)Nc2ccnn2Cc2ccc(Cl)cc2)c1. The van der Waals surface area contributed by atoms with Gasteiger partial charge in [-0.15, -0.1) is 0 Å². The van der Waals surface area contributed by atoms with Gasteiger partial charge in [-0.05, 0) is 48.7 Å². The Morgan fingerprint density at radius 1 is 1.19 bits per heavy atom. The van der Waals surface area contributed by atoms with E-state index in [9.17, 15) is 4.79 Å². The van der Waals surface area contributed by atoms with Crippen LogP contribution in [0.4, 0.5) is 5.82 Å². The predicted molar refractivity (Wildman–Crippen MR) is 107 cm³/mol. The minimum Gasteiger partial charge on any atom is -0.494 e. The molecule has 0 aliphatic carbocycles. The molecule has 0 atom stereocenters. The Kier molecular flexibility index (Phi) is 6.49. The summed E-state index contributed by atoms with van der Waals surface area (Å²) in [6, 6.07) is 17.2. The van der Waals surface area contributed by atoms with Crippen LogP contribution in [0.5, 0.6) is 5.75 Å². The summed E-state index contributed by atoms with van der Waals surface area (Å²) in [6.07, 6.45) is 2.70. The number of aromatic nitrogens is 2. The first-order valence-corrected chi connectivity index (χ1v) is 9.23. The lowest BCUT2D eigenvalue weighted by Crippen LogP contribution is -2.16. The van der Waals surface area contributed by atoms with Crippen LogP contribution in [-0.4, -0.2) is 22.3 Å². The molecule has 0 spiro atoms. The lowest BCUT2D eigenvalue weighted by atomic mass is 10.2. The number of amides is 1. The van der Waals surface area contributed by atoms with Crippen molar-refractivity contribution < 1.29 is 9.53 Å². The fourth-order valence-electron chi connectivity index (χ4n) is 2.66. The molecule has 140 valence electrons. The molecule has 0 saturated carbocycles. The standard InChI is InChI=1S/C21H22ClN3O2/c1-16-4-2-5-19(14-16)27-13-3-6-21(26)24-20-11-12-23-25(20)15-17-7-9-18(22)10-8-17/h2,4-5,7-12,14H,3,6,13,15H2,1H3,(H,24,26). The number of halogens is 1. The molecule has 0 radical (unpaired) electrons. The van der Waals surface area contributed by atoms with Crippen molar-refractivity contribution in [2.75, 3.05) is 11.9 Å².